The lowest BCUT2D eigenvalue weighted by Crippen LogP contribution is -1.96. The van der Waals surface area contributed by atoms with Gasteiger partial charge in [0.25, 0.3) is 0 Å². The summed E-state index contributed by atoms with van der Waals surface area (Å²) in [7, 11) is 0. The van der Waals surface area contributed by atoms with Crippen molar-refractivity contribution in [2.45, 2.75) is 26.2 Å². The first kappa shape index (κ1) is 12.0. The van der Waals surface area contributed by atoms with Crippen molar-refractivity contribution in [1.82, 2.24) is 15.2 Å². The van der Waals surface area contributed by atoms with Crippen molar-refractivity contribution in [2.24, 2.45) is 0 Å². The summed E-state index contributed by atoms with van der Waals surface area (Å²) in [4.78, 5) is 4.29. The Bertz CT molecular complexity index is 490. The Labute approximate surface area is 104 Å². The highest BCUT2D eigenvalue weighted by molar-refractivity contribution is 6.31. The molecule has 0 saturated carbocycles. The van der Waals surface area contributed by atoms with Crippen molar-refractivity contribution >= 4 is 11.6 Å². The number of benzene rings is 1. The van der Waals surface area contributed by atoms with Crippen LogP contribution in [0.25, 0.3) is 0 Å². The number of hydrogen-bond acceptors (Lipinski definition) is 2. The monoisotopic (exact) mass is 253 g/mol. The van der Waals surface area contributed by atoms with Gasteiger partial charge in [-0.05, 0) is 18.6 Å². The third kappa shape index (κ3) is 2.82. The van der Waals surface area contributed by atoms with Crippen LogP contribution in [0.15, 0.2) is 18.2 Å². The molecule has 3 nitrogen and oxygen atoms in total. The average molecular weight is 254 g/mol. The van der Waals surface area contributed by atoms with Crippen LogP contribution in [0.5, 0.6) is 0 Å². The lowest BCUT2D eigenvalue weighted by atomic mass is 10.1. The third-order valence-electron chi connectivity index (χ3n) is 2.46. The molecule has 0 unspecified atom stereocenters. The van der Waals surface area contributed by atoms with Gasteiger partial charge in [-0.1, -0.05) is 24.6 Å². The van der Waals surface area contributed by atoms with Gasteiger partial charge in [0, 0.05) is 23.4 Å². The summed E-state index contributed by atoms with van der Waals surface area (Å²) in [6, 6.07) is 4.65. The minimum absolute atomic E-state index is 0.314. The highest BCUT2D eigenvalue weighted by atomic mass is 35.5. The topological polar surface area (TPSA) is 41.6 Å². The molecule has 0 saturated heterocycles. The van der Waals surface area contributed by atoms with Crippen molar-refractivity contribution in [1.29, 1.82) is 0 Å². The maximum Gasteiger partial charge on any atom is 0.150 e. The zero-order valence-corrected chi connectivity index (χ0v) is 10.3. The number of rotatable bonds is 4. The highest BCUT2D eigenvalue weighted by Crippen LogP contribution is 2.21. The van der Waals surface area contributed by atoms with Crippen molar-refractivity contribution in [3.8, 4) is 0 Å². The maximum absolute atomic E-state index is 13.5. The van der Waals surface area contributed by atoms with Gasteiger partial charge < -0.3 is 0 Å². The van der Waals surface area contributed by atoms with E-state index in [1.54, 1.807) is 12.1 Å². The standard InChI is InChI=1S/C12H13ClFN3/c1-2-4-11-15-12(17-16-11)7-8-9(13)5-3-6-10(8)14/h3,5-6H,2,4,7H2,1H3,(H,15,16,17). The molecule has 0 amide bonds. The SMILES string of the molecule is CCCc1n[nH]c(Cc2c(F)cccc2Cl)n1. The summed E-state index contributed by atoms with van der Waals surface area (Å²) in [6.45, 7) is 2.06. The first-order valence-corrected chi connectivity index (χ1v) is 5.91. The number of aryl methyl sites for hydroxylation is 1. The fourth-order valence-electron chi connectivity index (χ4n) is 1.62. The number of nitrogens with zero attached hydrogens (tertiary/aromatic N) is 2. The number of hydrogen-bond donors (Lipinski definition) is 1. The van der Waals surface area contributed by atoms with Crippen LogP contribution in [0.1, 0.15) is 30.6 Å². The molecule has 2 rings (SSSR count). The first-order valence-electron chi connectivity index (χ1n) is 5.53. The summed E-state index contributed by atoms with van der Waals surface area (Å²) >= 11 is 5.95. The second kappa shape index (κ2) is 5.27. The van der Waals surface area contributed by atoms with Gasteiger partial charge in [-0.3, -0.25) is 5.10 Å². The van der Waals surface area contributed by atoms with Crippen molar-refractivity contribution < 1.29 is 4.39 Å². The normalized spacial score (nSPS) is 10.8. The van der Waals surface area contributed by atoms with Gasteiger partial charge in [-0.25, -0.2) is 9.37 Å². The molecule has 0 spiro atoms. The summed E-state index contributed by atoms with van der Waals surface area (Å²) in [5, 5.41) is 7.28. The van der Waals surface area contributed by atoms with Gasteiger partial charge in [-0.15, -0.1) is 0 Å². The molecule has 5 heteroatoms. The summed E-state index contributed by atoms with van der Waals surface area (Å²) < 4.78 is 13.5. The first-order chi connectivity index (χ1) is 8.20. The minimum Gasteiger partial charge on any atom is -0.263 e. The molecule has 17 heavy (non-hydrogen) atoms. The number of halogens is 2. The van der Waals surface area contributed by atoms with Gasteiger partial charge in [0.1, 0.15) is 11.6 Å². The molecule has 0 aliphatic carbocycles. The van der Waals surface area contributed by atoms with Gasteiger partial charge >= 0.3 is 0 Å². The van der Waals surface area contributed by atoms with Crippen molar-refractivity contribution in [2.75, 3.05) is 0 Å². The Morgan fingerprint density at radius 3 is 2.94 bits per heavy atom. The van der Waals surface area contributed by atoms with E-state index in [4.69, 9.17) is 11.6 Å². The predicted octanol–water partition coefficient (Wildman–Crippen LogP) is 3.14. The highest BCUT2D eigenvalue weighted by Gasteiger charge is 2.10. The van der Waals surface area contributed by atoms with E-state index in [9.17, 15) is 4.39 Å². The summed E-state index contributed by atoms with van der Waals surface area (Å²) in [5.41, 5.74) is 0.452. The molecular formula is C12H13ClFN3. The van der Waals surface area contributed by atoms with Crippen LogP contribution in [-0.4, -0.2) is 15.2 Å². The zero-order valence-electron chi connectivity index (χ0n) is 9.50. The van der Waals surface area contributed by atoms with E-state index in [2.05, 4.69) is 22.1 Å². The van der Waals surface area contributed by atoms with E-state index in [0.717, 1.165) is 18.7 Å². The van der Waals surface area contributed by atoms with Gasteiger partial charge in [0.15, 0.2) is 5.82 Å². The zero-order chi connectivity index (χ0) is 12.3. The maximum atomic E-state index is 13.5. The van der Waals surface area contributed by atoms with Gasteiger partial charge in [0.05, 0.1) is 0 Å². The van der Waals surface area contributed by atoms with Crippen LogP contribution in [0.4, 0.5) is 4.39 Å². The molecule has 90 valence electrons. The Morgan fingerprint density at radius 1 is 1.41 bits per heavy atom. The lowest BCUT2D eigenvalue weighted by Gasteiger charge is -2.02. The van der Waals surface area contributed by atoms with Crippen molar-refractivity contribution in [3.05, 3.63) is 46.3 Å². The molecular weight excluding hydrogens is 241 g/mol. The fourth-order valence-corrected chi connectivity index (χ4v) is 1.85. The van der Waals surface area contributed by atoms with E-state index >= 15 is 0 Å². The molecule has 2 aromatic rings. The number of aromatic nitrogens is 3. The number of aromatic amines is 1. The molecule has 0 fully saturated rings. The van der Waals surface area contributed by atoms with E-state index in [1.165, 1.54) is 6.07 Å². The van der Waals surface area contributed by atoms with Crippen LogP contribution < -0.4 is 0 Å². The van der Waals surface area contributed by atoms with E-state index in [1.807, 2.05) is 0 Å². The molecule has 1 N–H and O–H groups in total. The van der Waals surface area contributed by atoms with Crippen LogP contribution >= 0.6 is 11.6 Å². The second-order valence-corrected chi connectivity index (χ2v) is 4.23. The second-order valence-electron chi connectivity index (χ2n) is 3.83. The van der Waals surface area contributed by atoms with Gasteiger partial charge in [-0.2, -0.15) is 5.10 Å². The quantitative estimate of drug-likeness (QED) is 0.910. The van der Waals surface area contributed by atoms with Crippen molar-refractivity contribution in [3.63, 3.8) is 0 Å². The molecule has 0 aliphatic heterocycles. The van der Waals surface area contributed by atoms with E-state index < -0.39 is 0 Å². The number of H-pyrrole nitrogens is 1. The largest absolute Gasteiger partial charge is 0.263 e. The van der Waals surface area contributed by atoms with Gasteiger partial charge in [0.2, 0.25) is 0 Å². The summed E-state index contributed by atoms with van der Waals surface area (Å²) in [6.07, 6.45) is 2.14. The molecule has 0 radical (unpaired) electrons. The Hall–Kier alpha value is -1.42. The molecule has 0 atom stereocenters. The van der Waals surface area contributed by atoms with Crippen LogP contribution in [0.3, 0.4) is 0 Å². The predicted molar refractivity (Wildman–Crippen MR) is 64.6 cm³/mol. The van der Waals surface area contributed by atoms with E-state index in [0.29, 0.717) is 22.8 Å². The smallest absolute Gasteiger partial charge is 0.150 e. The van der Waals surface area contributed by atoms with Crippen LogP contribution in [0, 0.1) is 5.82 Å². The van der Waals surface area contributed by atoms with Crippen LogP contribution in [-0.2, 0) is 12.8 Å². The average Bonchev–Trinajstić information content (AvgIpc) is 2.72. The minimum atomic E-state index is -0.314. The molecule has 1 aromatic carbocycles. The summed E-state index contributed by atoms with van der Waals surface area (Å²) in [5.74, 6) is 1.08. The Kier molecular flexibility index (Phi) is 3.74. The molecule has 0 bridgehead atoms. The third-order valence-corrected chi connectivity index (χ3v) is 2.81. The Balaban J connectivity index is 2.19. The van der Waals surface area contributed by atoms with Crippen LogP contribution in [0.2, 0.25) is 5.02 Å². The lowest BCUT2D eigenvalue weighted by molar-refractivity contribution is 0.612. The molecule has 0 aliphatic rings. The van der Waals surface area contributed by atoms with E-state index in [-0.39, 0.29) is 5.82 Å². The number of nitrogens with one attached hydrogen (secondary N) is 1. The Morgan fingerprint density at radius 2 is 2.24 bits per heavy atom. The molecule has 1 heterocycles. The fraction of sp³-hybridized carbons (Fsp3) is 0.333. The molecule has 1 aromatic heterocycles.